The topological polar surface area (TPSA) is 52.1 Å². The highest BCUT2D eigenvalue weighted by atomic mass is 127. The highest BCUT2D eigenvalue weighted by Gasteiger charge is 2.30. The van der Waals surface area contributed by atoms with Gasteiger partial charge in [-0.15, -0.1) is 24.0 Å². The first-order valence-corrected chi connectivity index (χ1v) is 11.0. The van der Waals surface area contributed by atoms with E-state index in [0.717, 1.165) is 44.9 Å². The van der Waals surface area contributed by atoms with Crippen LogP contribution < -0.4 is 15.4 Å². The zero-order valence-corrected chi connectivity index (χ0v) is 21.7. The number of ether oxygens (including phenoxy) is 1. The second-order valence-corrected chi connectivity index (χ2v) is 7.96. The van der Waals surface area contributed by atoms with Gasteiger partial charge in [0.15, 0.2) is 5.96 Å². The minimum atomic E-state index is -4.38. The fraction of sp³-hybridized carbons (Fsp3) is 0.682. The maximum Gasteiger partial charge on any atom is 0.416 e. The van der Waals surface area contributed by atoms with Crippen molar-refractivity contribution in [1.29, 1.82) is 0 Å². The molecule has 1 fully saturated rings. The zero-order chi connectivity index (χ0) is 22.9. The molecule has 1 heterocycles. The molecule has 2 atom stereocenters. The summed E-state index contributed by atoms with van der Waals surface area (Å²) in [5.74, 6) is 0.906. The molecule has 6 nitrogen and oxygen atoms in total. The zero-order valence-electron chi connectivity index (χ0n) is 19.4. The van der Waals surface area contributed by atoms with E-state index in [9.17, 15) is 13.2 Å². The molecule has 0 aromatic heterocycles. The first-order chi connectivity index (χ1) is 14.7. The molecule has 0 spiro atoms. The lowest BCUT2D eigenvalue weighted by Crippen LogP contribution is -2.49. The van der Waals surface area contributed by atoms with Gasteiger partial charge in [-0.25, -0.2) is 0 Å². The van der Waals surface area contributed by atoms with Crippen LogP contribution >= 0.6 is 24.0 Å². The van der Waals surface area contributed by atoms with Gasteiger partial charge in [-0.05, 0) is 45.5 Å². The van der Waals surface area contributed by atoms with Crippen LogP contribution in [0.3, 0.4) is 0 Å². The van der Waals surface area contributed by atoms with E-state index in [1.54, 1.807) is 6.07 Å². The Labute approximate surface area is 207 Å². The highest BCUT2D eigenvalue weighted by molar-refractivity contribution is 14.0. The van der Waals surface area contributed by atoms with E-state index >= 15 is 0 Å². The third-order valence-electron chi connectivity index (χ3n) is 5.44. The first kappa shape index (κ1) is 28.8. The third-order valence-corrected chi connectivity index (χ3v) is 5.44. The van der Waals surface area contributed by atoms with Crippen molar-refractivity contribution in [3.8, 4) is 5.75 Å². The number of rotatable bonds is 9. The van der Waals surface area contributed by atoms with Gasteiger partial charge >= 0.3 is 6.18 Å². The van der Waals surface area contributed by atoms with Gasteiger partial charge in [-0.1, -0.05) is 13.0 Å². The van der Waals surface area contributed by atoms with E-state index in [1.165, 1.54) is 6.07 Å². The van der Waals surface area contributed by atoms with E-state index in [0.29, 0.717) is 31.5 Å². The van der Waals surface area contributed by atoms with Crippen LogP contribution in [0.15, 0.2) is 29.3 Å². The molecule has 1 aromatic rings. The van der Waals surface area contributed by atoms with Gasteiger partial charge in [0.2, 0.25) is 0 Å². The van der Waals surface area contributed by atoms with Crippen LogP contribution in [0.1, 0.15) is 32.8 Å². The van der Waals surface area contributed by atoms with Crippen molar-refractivity contribution in [3.05, 3.63) is 29.8 Å². The smallest absolute Gasteiger partial charge is 0.416 e. The number of piperazine rings is 1. The van der Waals surface area contributed by atoms with Gasteiger partial charge < -0.3 is 20.3 Å². The molecular formula is C22H37F3IN5O. The Balaban J connectivity index is 0.00000512. The molecule has 184 valence electrons. The van der Waals surface area contributed by atoms with Crippen molar-refractivity contribution in [2.24, 2.45) is 4.99 Å². The Morgan fingerprint density at radius 2 is 1.84 bits per heavy atom. The molecule has 2 unspecified atom stereocenters. The Morgan fingerprint density at radius 3 is 2.44 bits per heavy atom. The minimum absolute atomic E-state index is 0. The fourth-order valence-corrected chi connectivity index (χ4v) is 3.36. The standard InChI is InChI=1S/C22H36F3N5O.HI/c1-5-19(31-20-9-7-8-18(14-20)22(23,24)25)16-28-21(26-6-2)27-15-17(3)30-12-10-29(4)11-13-30;/h7-9,14,17,19H,5-6,10-13,15-16H2,1-4H3,(H2,26,27,28);1H. The predicted octanol–water partition coefficient (Wildman–Crippen LogP) is 3.67. The molecule has 2 N–H and O–H groups in total. The van der Waals surface area contributed by atoms with Gasteiger partial charge in [-0.3, -0.25) is 9.89 Å². The number of likely N-dealkylation sites (N-methyl/N-ethyl adjacent to an activating group) is 1. The summed E-state index contributed by atoms with van der Waals surface area (Å²) >= 11 is 0. The van der Waals surface area contributed by atoms with Gasteiger partial charge in [0, 0.05) is 38.8 Å². The Hall–Kier alpha value is -1.27. The van der Waals surface area contributed by atoms with Crippen molar-refractivity contribution in [1.82, 2.24) is 20.4 Å². The van der Waals surface area contributed by atoms with Gasteiger partial charge in [-0.2, -0.15) is 13.2 Å². The summed E-state index contributed by atoms with van der Waals surface area (Å²) in [4.78, 5) is 9.47. The number of hydrogen-bond donors (Lipinski definition) is 2. The first-order valence-electron chi connectivity index (χ1n) is 11.0. The van der Waals surface area contributed by atoms with E-state index in [4.69, 9.17) is 9.73 Å². The lowest BCUT2D eigenvalue weighted by molar-refractivity contribution is -0.137. The molecule has 1 aliphatic heterocycles. The Bertz CT molecular complexity index is 696. The lowest BCUT2D eigenvalue weighted by atomic mass is 10.2. The molecule has 2 rings (SSSR count). The number of alkyl halides is 3. The summed E-state index contributed by atoms with van der Waals surface area (Å²) in [6.45, 7) is 12.2. The Kier molecular flexibility index (Phi) is 12.7. The summed E-state index contributed by atoms with van der Waals surface area (Å²) in [6, 6.07) is 5.34. The van der Waals surface area contributed by atoms with Gasteiger partial charge in [0.25, 0.3) is 0 Å². The fourth-order valence-electron chi connectivity index (χ4n) is 3.36. The monoisotopic (exact) mass is 571 g/mol. The quantitative estimate of drug-likeness (QED) is 0.269. The van der Waals surface area contributed by atoms with Gasteiger partial charge in [0.1, 0.15) is 11.9 Å². The summed E-state index contributed by atoms with van der Waals surface area (Å²) in [6.07, 6.45) is -4.01. The summed E-state index contributed by atoms with van der Waals surface area (Å²) in [5.41, 5.74) is -0.708. The number of halogens is 4. The van der Waals surface area contributed by atoms with E-state index in [1.807, 2.05) is 13.8 Å². The normalized spacial score (nSPS) is 17.9. The number of nitrogens with zero attached hydrogens (tertiary/aromatic N) is 3. The van der Waals surface area contributed by atoms with Crippen molar-refractivity contribution in [2.75, 3.05) is 52.9 Å². The molecule has 0 saturated carbocycles. The van der Waals surface area contributed by atoms with Crippen LogP contribution in [0.2, 0.25) is 0 Å². The minimum Gasteiger partial charge on any atom is -0.489 e. The third kappa shape index (κ3) is 9.70. The van der Waals surface area contributed by atoms with E-state index in [-0.39, 0.29) is 35.8 Å². The number of aliphatic imine (C=N–C) groups is 1. The number of nitrogens with one attached hydrogen (secondary N) is 2. The van der Waals surface area contributed by atoms with E-state index in [2.05, 4.69) is 34.4 Å². The number of benzene rings is 1. The second-order valence-electron chi connectivity index (χ2n) is 7.96. The maximum atomic E-state index is 12.9. The number of hydrogen-bond acceptors (Lipinski definition) is 4. The molecular weight excluding hydrogens is 534 g/mol. The van der Waals surface area contributed by atoms with Crippen LogP contribution in [0.5, 0.6) is 5.75 Å². The van der Waals surface area contributed by atoms with E-state index < -0.39 is 11.7 Å². The summed E-state index contributed by atoms with van der Waals surface area (Å²) < 4.78 is 44.6. The van der Waals surface area contributed by atoms with Crippen molar-refractivity contribution in [2.45, 2.75) is 45.5 Å². The van der Waals surface area contributed by atoms with Crippen molar-refractivity contribution >= 4 is 29.9 Å². The van der Waals surface area contributed by atoms with Crippen LogP contribution in [0.4, 0.5) is 13.2 Å². The maximum absolute atomic E-state index is 12.9. The summed E-state index contributed by atoms with van der Waals surface area (Å²) in [5, 5.41) is 6.50. The lowest BCUT2D eigenvalue weighted by Gasteiger charge is -2.35. The summed E-state index contributed by atoms with van der Waals surface area (Å²) in [7, 11) is 2.14. The molecule has 1 saturated heterocycles. The van der Waals surface area contributed by atoms with Crippen molar-refractivity contribution < 1.29 is 17.9 Å². The SMILES string of the molecule is CCNC(=NCC(C)N1CCN(C)CC1)NCC(CC)Oc1cccc(C(F)(F)F)c1.I. The average Bonchev–Trinajstić information content (AvgIpc) is 2.74. The van der Waals surface area contributed by atoms with Crippen LogP contribution in [0, 0.1) is 0 Å². The number of guanidine groups is 1. The highest BCUT2D eigenvalue weighted by Crippen LogP contribution is 2.31. The molecule has 32 heavy (non-hydrogen) atoms. The molecule has 0 radical (unpaired) electrons. The average molecular weight is 571 g/mol. The molecule has 0 bridgehead atoms. The molecule has 1 aromatic carbocycles. The van der Waals surface area contributed by atoms with Crippen molar-refractivity contribution in [3.63, 3.8) is 0 Å². The molecule has 0 aliphatic carbocycles. The van der Waals surface area contributed by atoms with Crippen LogP contribution in [-0.2, 0) is 6.18 Å². The van der Waals surface area contributed by atoms with Gasteiger partial charge in [0.05, 0.1) is 18.7 Å². The van der Waals surface area contributed by atoms with Crippen LogP contribution in [-0.4, -0.2) is 80.8 Å². The molecule has 10 heteroatoms. The Morgan fingerprint density at radius 1 is 1.16 bits per heavy atom. The van der Waals surface area contributed by atoms with Crippen LogP contribution in [0.25, 0.3) is 0 Å². The molecule has 0 amide bonds. The largest absolute Gasteiger partial charge is 0.489 e. The molecule has 1 aliphatic rings. The second kappa shape index (κ2) is 14.1. The predicted molar refractivity (Wildman–Crippen MR) is 134 cm³/mol.